The molecule has 0 saturated heterocycles. The molecule has 0 unspecified atom stereocenters. The Bertz CT molecular complexity index is 1150. The van der Waals surface area contributed by atoms with E-state index in [9.17, 15) is 9.59 Å². The van der Waals surface area contributed by atoms with E-state index >= 15 is 0 Å². The third kappa shape index (κ3) is 2.35. The van der Waals surface area contributed by atoms with Crippen LogP contribution in [0.15, 0.2) is 52.9 Å². The predicted octanol–water partition coefficient (Wildman–Crippen LogP) is 2.86. The number of benzene rings is 1. The van der Waals surface area contributed by atoms with Gasteiger partial charge in [0.15, 0.2) is 4.96 Å². The van der Waals surface area contributed by atoms with Gasteiger partial charge in [0.05, 0.1) is 11.2 Å². The van der Waals surface area contributed by atoms with Gasteiger partial charge in [-0.2, -0.15) is 0 Å². The lowest BCUT2D eigenvalue weighted by atomic mass is 10.1. The molecule has 4 rings (SSSR count). The predicted molar refractivity (Wildman–Crippen MR) is 93.8 cm³/mol. The van der Waals surface area contributed by atoms with Crippen LogP contribution in [-0.4, -0.2) is 20.3 Å². The summed E-state index contributed by atoms with van der Waals surface area (Å²) in [5.41, 5.74) is 1.82. The summed E-state index contributed by atoms with van der Waals surface area (Å²) in [4.78, 5) is 34.1. The second-order valence-corrected chi connectivity index (χ2v) is 6.19. The van der Waals surface area contributed by atoms with Crippen LogP contribution < -0.4 is 10.9 Å². The highest BCUT2D eigenvalue weighted by molar-refractivity contribution is 7.15. The molecular weight excluding hydrogens is 324 g/mol. The molecule has 3 aromatic heterocycles. The van der Waals surface area contributed by atoms with Crippen LogP contribution in [0.25, 0.3) is 15.9 Å². The summed E-state index contributed by atoms with van der Waals surface area (Å²) in [6.45, 7) is 1.86. The number of thiazole rings is 1. The highest BCUT2D eigenvalue weighted by Crippen LogP contribution is 2.23. The van der Waals surface area contributed by atoms with Crippen molar-refractivity contribution in [2.24, 2.45) is 0 Å². The van der Waals surface area contributed by atoms with E-state index < -0.39 is 5.91 Å². The first-order valence-electron chi connectivity index (χ1n) is 7.26. The van der Waals surface area contributed by atoms with Gasteiger partial charge in [0, 0.05) is 28.9 Å². The molecule has 0 radical (unpaired) electrons. The van der Waals surface area contributed by atoms with Gasteiger partial charge in [0.2, 0.25) is 0 Å². The second-order valence-electron chi connectivity index (χ2n) is 5.32. The zero-order valence-electron chi connectivity index (χ0n) is 12.7. The lowest BCUT2D eigenvalue weighted by Crippen LogP contribution is -2.26. The maximum atomic E-state index is 12.6. The fourth-order valence-electron chi connectivity index (χ4n) is 2.58. The molecule has 7 heteroatoms. The Morgan fingerprint density at radius 2 is 2.12 bits per heavy atom. The monoisotopic (exact) mass is 336 g/mol. The average molecular weight is 336 g/mol. The van der Waals surface area contributed by atoms with Crippen LogP contribution in [0.4, 0.5) is 5.69 Å². The molecule has 0 saturated carbocycles. The van der Waals surface area contributed by atoms with Crippen LogP contribution in [0, 0.1) is 6.92 Å². The largest absolute Gasteiger partial charge is 0.321 e. The van der Waals surface area contributed by atoms with Crippen LogP contribution in [0.5, 0.6) is 0 Å². The summed E-state index contributed by atoms with van der Waals surface area (Å²) in [5.74, 6) is -0.483. The van der Waals surface area contributed by atoms with Gasteiger partial charge in [-0.3, -0.25) is 19.0 Å². The van der Waals surface area contributed by atoms with E-state index in [-0.39, 0.29) is 11.1 Å². The zero-order chi connectivity index (χ0) is 16.7. The SMILES string of the molecule is Cc1cc(NC(=O)c2cnc3sccn3c2=O)c2ccccc2n1. The van der Waals surface area contributed by atoms with Crippen molar-refractivity contribution in [2.45, 2.75) is 6.92 Å². The number of anilines is 1. The maximum Gasteiger partial charge on any atom is 0.271 e. The smallest absolute Gasteiger partial charge is 0.271 e. The molecular formula is C17H12N4O2S. The van der Waals surface area contributed by atoms with E-state index in [1.165, 1.54) is 21.9 Å². The van der Waals surface area contributed by atoms with Crippen LogP contribution in [0.1, 0.15) is 16.1 Å². The number of rotatable bonds is 2. The number of para-hydroxylation sites is 1. The average Bonchev–Trinajstić information content (AvgIpc) is 3.04. The fraction of sp³-hybridized carbons (Fsp3) is 0.0588. The molecule has 0 spiro atoms. The number of carbonyl (C=O) groups excluding carboxylic acids is 1. The number of pyridine rings is 1. The van der Waals surface area contributed by atoms with E-state index in [0.717, 1.165) is 16.6 Å². The number of nitrogens with one attached hydrogen (secondary N) is 1. The third-order valence-corrected chi connectivity index (χ3v) is 4.45. The fourth-order valence-corrected chi connectivity index (χ4v) is 3.26. The molecule has 0 atom stereocenters. The molecule has 0 aliphatic heterocycles. The third-order valence-electron chi connectivity index (χ3n) is 3.68. The summed E-state index contributed by atoms with van der Waals surface area (Å²) in [7, 11) is 0. The van der Waals surface area contributed by atoms with Crippen molar-refractivity contribution in [1.29, 1.82) is 0 Å². The van der Waals surface area contributed by atoms with E-state index in [1.807, 2.05) is 31.2 Å². The summed E-state index contributed by atoms with van der Waals surface area (Å²) < 4.78 is 1.37. The van der Waals surface area contributed by atoms with Crippen molar-refractivity contribution < 1.29 is 4.79 Å². The van der Waals surface area contributed by atoms with Crippen LogP contribution >= 0.6 is 11.3 Å². The van der Waals surface area contributed by atoms with Gasteiger partial charge in [0.25, 0.3) is 11.5 Å². The van der Waals surface area contributed by atoms with Gasteiger partial charge in [-0.15, -0.1) is 11.3 Å². The first-order chi connectivity index (χ1) is 11.6. The molecule has 118 valence electrons. The number of amides is 1. The highest BCUT2D eigenvalue weighted by atomic mass is 32.1. The first-order valence-corrected chi connectivity index (χ1v) is 8.14. The minimum absolute atomic E-state index is 0.00412. The molecule has 0 bridgehead atoms. The summed E-state index contributed by atoms with van der Waals surface area (Å²) in [6, 6.07) is 9.31. The number of aromatic nitrogens is 3. The first kappa shape index (κ1) is 14.5. The van der Waals surface area contributed by atoms with Crippen molar-refractivity contribution in [2.75, 3.05) is 5.32 Å². The zero-order valence-corrected chi connectivity index (χ0v) is 13.5. The van der Waals surface area contributed by atoms with Crippen molar-refractivity contribution in [3.63, 3.8) is 0 Å². The molecule has 0 aliphatic carbocycles. The van der Waals surface area contributed by atoms with E-state index in [0.29, 0.717) is 10.6 Å². The Hall–Kier alpha value is -3.06. The van der Waals surface area contributed by atoms with Gasteiger partial charge in [-0.25, -0.2) is 4.98 Å². The highest BCUT2D eigenvalue weighted by Gasteiger charge is 2.15. The van der Waals surface area contributed by atoms with Crippen LogP contribution in [0.3, 0.4) is 0 Å². The normalized spacial score (nSPS) is 11.0. The molecule has 3 heterocycles. The van der Waals surface area contributed by atoms with Gasteiger partial charge in [-0.1, -0.05) is 18.2 Å². The Morgan fingerprint density at radius 1 is 1.29 bits per heavy atom. The molecule has 1 amide bonds. The lowest BCUT2D eigenvalue weighted by molar-refractivity contribution is 0.102. The topological polar surface area (TPSA) is 76.4 Å². The molecule has 6 nitrogen and oxygen atoms in total. The number of nitrogens with zero attached hydrogens (tertiary/aromatic N) is 3. The van der Waals surface area contributed by atoms with Gasteiger partial charge < -0.3 is 5.32 Å². The molecule has 0 fully saturated rings. The standard InChI is InChI=1S/C17H12N4O2S/c1-10-8-14(11-4-2-3-5-13(11)19-10)20-15(22)12-9-18-17-21(16(12)23)6-7-24-17/h2-9H,1H3,(H,19,20,22). The Labute approximate surface area is 140 Å². The molecule has 0 aliphatic rings. The van der Waals surface area contributed by atoms with Gasteiger partial charge in [-0.05, 0) is 19.1 Å². The molecule has 24 heavy (non-hydrogen) atoms. The van der Waals surface area contributed by atoms with Gasteiger partial charge >= 0.3 is 0 Å². The number of carbonyl (C=O) groups is 1. The molecule has 1 N–H and O–H groups in total. The Balaban J connectivity index is 1.79. The van der Waals surface area contributed by atoms with Crippen molar-refractivity contribution in [3.05, 3.63) is 69.7 Å². The van der Waals surface area contributed by atoms with Crippen molar-refractivity contribution >= 4 is 38.8 Å². The number of fused-ring (bicyclic) bond motifs is 2. The van der Waals surface area contributed by atoms with E-state index in [2.05, 4.69) is 15.3 Å². The van der Waals surface area contributed by atoms with E-state index in [1.54, 1.807) is 17.6 Å². The Kier molecular flexibility index (Phi) is 3.35. The quantitative estimate of drug-likeness (QED) is 0.611. The second kappa shape index (κ2) is 5.54. The summed E-state index contributed by atoms with van der Waals surface area (Å²) in [5, 5.41) is 5.39. The minimum atomic E-state index is -0.483. The summed E-state index contributed by atoms with van der Waals surface area (Å²) >= 11 is 1.34. The minimum Gasteiger partial charge on any atom is -0.321 e. The number of hydrogen-bond acceptors (Lipinski definition) is 5. The summed E-state index contributed by atoms with van der Waals surface area (Å²) in [6.07, 6.45) is 2.93. The van der Waals surface area contributed by atoms with Crippen molar-refractivity contribution in [1.82, 2.24) is 14.4 Å². The number of aryl methyl sites for hydroxylation is 1. The van der Waals surface area contributed by atoms with Gasteiger partial charge in [0.1, 0.15) is 5.56 Å². The van der Waals surface area contributed by atoms with Crippen LogP contribution in [0.2, 0.25) is 0 Å². The van der Waals surface area contributed by atoms with Crippen molar-refractivity contribution in [3.8, 4) is 0 Å². The maximum absolute atomic E-state index is 12.6. The number of hydrogen-bond donors (Lipinski definition) is 1. The lowest BCUT2D eigenvalue weighted by Gasteiger charge is -2.09. The molecule has 4 aromatic rings. The molecule has 1 aromatic carbocycles. The van der Waals surface area contributed by atoms with E-state index in [4.69, 9.17) is 0 Å². The van der Waals surface area contributed by atoms with Crippen LogP contribution in [-0.2, 0) is 0 Å². The Morgan fingerprint density at radius 3 is 3.00 bits per heavy atom.